The third-order valence-electron chi connectivity index (χ3n) is 2.71. The molecule has 0 saturated carbocycles. The Morgan fingerprint density at radius 2 is 2.00 bits per heavy atom. The number of rotatable bonds is 3. The first-order valence-electron chi connectivity index (χ1n) is 5.48. The van der Waals surface area contributed by atoms with Crippen molar-refractivity contribution in [1.82, 2.24) is 0 Å². The number of anilines is 1. The predicted molar refractivity (Wildman–Crippen MR) is 67.9 cm³/mol. The molecule has 0 amide bonds. The maximum absolute atomic E-state index is 13.2. The lowest BCUT2D eigenvalue weighted by atomic mass is 10.00. The van der Waals surface area contributed by atoms with E-state index in [-0.39, 0.29) is 0 Å². The smallest absolute Gasteiger partial charge is 0.125 e. The van der Waals surface area contributed by atoms with Gasteiger partial charge in [0.25, 0.3) is 0 Å². The van der Waals surface area contributed by atoms with Gasteiger partial charge in [0.1, 0.15) is 17.7 Å². The molecular weight excluding hydrogens is 233 g/mol. The third-order valence-corrected chi connectivity index (χ3v) is 2.71. The molecular formula is C14H14FNO2. The minimum absolute atomic E-state index is 0.378. The van der Waals surface area contributed by atoms with E-state index in [0.29, 0.717) is 22.6 Å². The van der Waals surface area contributed by atoms with Gasteiger partial charge in [-0.1, -0.05) is 12.1 Å². The van der Waals surface area contributed by atoms with Gasteiger partial charge < -0.3 is 15.6 Å². The Bertz CT molecular complexity index is 557. The lowest BCUT2D eigenvalue weighted by Gasteiger charge is -2.15. The number of methoxy groups -OCH3 is 1. The van der Waals surface area contributed by atoms with Crippen molar-refractivity contribution in [3.05, 3.63) is 59.4 Å². The van der Waals surface area contributed by atoms with Crippen LogP contribution in [0.1, 0.15) is 17.2 Å². The van der Waals surface area contributed by atoms with Crippen LogP contribution in [0.3, 0.4) is 0 Å². The van der Waals surface area contributed by atoms with E-state index in [2.05, 4.69) is 0 Å². The van der Waals surface area contributed by atoms with Crippen LogP contribution in [0.5, 0.6) is 5.75 Å². The van der Waals surface area contributed by atoms with Gasteiger partial charge in [-0.3, -0.25) is 0 Å². The molecule has 3 nitrogen and oxygen atoms in total. The number of halogens is 1. The molecule has 1 unspecified atom stereocenters. The minimum atomic E-state index is -0.973. The Morgan fingerprint density at radius 1 is 1.22 bits per heavy atom. The summed E-state index contributed by atoms with van der Waals surface area (Å²) in [5.74, 6) is 0.0140. The highest BCUT2D eigenvalue weighted by Gasteiger charge is 2.16. The molecule has 18 heavy (non-hydrogen) atoms. The van der Waals surface area contributed by atoms with E-state index in [4.69, 9.17) is 10.5 Å². The molecule has 0 aliphatic rings. The summed E-state index contributed by atoms with van der Waals surface area (Å²) in [5.41, 5.74) is 7.18. The van der Waals surface area contributed by atoms with Gasteiger partial charge in [0, 0.05) is 11.3 Å². The molecule has 2 aromatic carbocycles. The minimum Gasteiger partial charge on any atom is -0.496 e. The zero-order valence-corrected chi connectivity index (χ0v) is 9.93. The topological polar surface area (TPSA) is 55.5 Å². The van der Waals surface area contributed by atoms with Gasteiger partial charge in [-0.25, -0.2) is 4.39 Å². The molecule has 0 radical (unpaired) electrons. The molecule has 2 rings (SSSR count). The van der Waals surface area contributed by atoms with Crippen molar-refractivity contribution in [2.75, 3.05) is 12.8 Å². The van der Waals surface area contributed by atoms with Crippen LogP contribution in [0.15, 0.2) is 42.5 Å². The van der Waals surface area contributed by atoms with Crippen molar-refractivity contribution in [2.45, 2.75) is 6.10 Å². The maximum atomic E-state index is 13.2. The highest BCUT2D eigenvalue weighted by atomic mass is 19.1. The highest BCUT2D eigenvalue weighted by Crippen LogP contribution is 2.31. The van der Waals surface area contributed by atoms with Crippen molar-refractivity contribution in [2.24, 2.45) is 0 Å². The standard InChI is InChI=1S/C14H14FNO2/c1-18-13-6-5-10(15)8-12(13)14(17)9-3-2-4-11(16)7-9/h2-8,14,17H,16H2,1H3. The number of aliphatic hydroxyl groups is 1. The summed E-state index contributed by atoms with van der Waals surface area (Å²) in [6.45, 7) is 0. The number of benzene rings is 2. The average Bonchev–Trinajstić information content (AvgIpc) is 2.38. The van der Waals surface area contributed by atoms with Gasteiger partial charge in [0.05, 0.1) is 7.11 Å². The first kappa shape index (κ1) is 12.4. The van der Waals surface area contributed by atoms with Crippen molar-refractivity contribution < 1.29 is 14.2 Å². The quantitative estimate of drug-likeness (QED) is 0.819. The summed E-state index contributed by atoms with van der Waals surface area (Å²) in [7, 11) is 1.48. The Kier molecular flexibility index (Phi) is 3.48. The molecule has 0 aliphatic heterocycles. The van der Waals surface area contributed by atoms with E-state index in [1.807, 2.05) is 0 Å². The maximum Gasteiger partial charge on any atom is 0.125 e. The fraction of sp³-hybridized carbons (Fsp3) is 0.143. The van der Waals surface area contributed by atoms with Crippen molar-refractivity contribution in [1.29, 1.82) is 0 Å². The predicted octanol–water partition coefficient (Wildman–Crippen LogP) is 2.50. The van der Waals surface area contributed by atoms with Crippen LogP contribution < -0.4 is 10.5 Å². The fourth-order valence-corrected chi connectivity index (χ4v) is 1.83. The van der Waals surface area contributed by atoms with Crippen LogP contribution in [0.4, 0.5) is 10.1 Å². The average molecular weight is 247 g/mol. The second-order valence-electron chi connectivity index (χ2n) is 3.96. The normalized spacial score (nSPS) is 12.2. The molecule has 2 aromatic rings. The van der Waals surface area contributed by atoms with Crippen LogP contribution in [-0.2, 0) is 0 Å². The molecule has 0 fully saturated rings. The van der Waals surface area contributed by atoms with Crippen molar-refractivity contribution in [3.63, 3.8) is 0 Å². The number of hydrogen-bond acceptors (Lipinski definition) is 3. The first-order valence-corrected chi connectivity index (χ1v) is 5.48. The second kappa shape index (κ2) is 5.06. The Hall–Kier alpha value is -2.07. The van der Waals surface area contributed by atoms with Gasteiger partial charge in [-0.05, 0) is 35.9 Å². The summed E-state index contributed by atoms with van der Waals surface area (Å²) < 4.78 is 18.4. The molecule has 4 heteroatoms. The zero-order valence-electron chi connectivity index (χ0n) is 9.93. The third kappa shape index (κ3) is 2.43. The summed E-state index contributed by atoms with van der Waals surface area (Å²) in [6.07, 6.45) is -0.973. The largest absolute Gasteiger partial charge is 0.496 e. The monoisotopic (exact) mass is 247 g/mol. The zero-order chi connectivity index (χ0) is 13.1. The molecule has 0 aromatic heterocycles. The molecule has 0 spiro atoms. The Morgan fingerprint density at radius 3 is 2.67 bits per heavy atom. The van der Waals surface area contributed by atoms with Gasteiger partial charge in [-0.15, -0.1) is 0 Å². The van der Waals surface area contributed by atoms with Crippen molar-refractivity contribution >= 4 is 5.69 Å². The van der Waals surface area contributed by atoms with Crippen LogP contribution in [0.2, 0.25) is 0 Å². The van der Waals surface area contributed by atoms with E-state index in [0.717, 1.165) is 0 Å². The fourth-order valence-electron chi connectivity index (χ4n) is 1.83. The molecule has 0 aliphatic carbocycles. The van der Waals surface area contributed by atoms with Crippen LogP contribution >= 0.6 is 0 Å². The first-order chi connectivity index (χ1) is 8.61. The van der Waals surface area contributed by atoms with E-state index in [9.17, 15) is 9.50 Å². The Balaban J connectivity index is 2.44. The van der Waals surface area contributed by atoms with E-state index >= 15 is 0 Å². The molecule has 1 atom stereocenters. The van der Waals surface area contributed by atoms with Gasteiger partial charge >= 0.3 is 0 Å². The molecule has 0 heterocycles. The lowest BCUT2D eigenvalue weighted by Crippen LogP contribution is -2.03. The van der Waals surface area contributed by atoms with E-state index in [1.54, 1.807) is 24.3 Å². The van der Waals surface area contributed by atoms with E-state index in [1.165, 1.54) is 25.3 Å². The SMILES string of the molecule is COc1ccc(F)cc1C(O)c1cccc(N)c1. The highest BCUT2D eigenvalue weighted by molar-refractivity contribution is 5.46. The summed E-state index contributed by atoms with van der Waals surface area (Å²) in [5, 5.41) is 10.3. The number of nitrogen functional groups attached to an aromatic ring is 1. The summed E-state index contributed by atoms with van der Waals surface area (Å²) in [6, 6.07) is 10.9. The van der Waals surface area contributed by atoms with Crippen LogP contribution in [-0.4, -0.2) is 12.2 Å². The van der Waals surface area contributed by atoms with E-state index < -0.39 is 11.9 Å². The second-order valence-corrected chi connectivity index (χ2v) is 3.96. The summed E-state index contributed by atoms with van der Waals surface area (Å²) in [4.78, 5) is 0. The lowest BCUT2D eigenvalue weighted by molar-refractivity contribution is 0.214. The molecule has 0 bridgehead atoms. The van der Waals surface area contributed by atoms with Crippen LogP contribution in [0, 0.1) is 5.82 Å². The number of nitrogens with two attached hydrogens (primary N) is 1. The molecule has 0 saturated heterocycles. The van der Waals surface area contributed by atoms with Gasteiger partial charge in [0.15, 0.2) is 0 Å². The number of hydrogen-bond donors (Lipinski definition) is 2. The number of aliphatic hydroxyl groups excluding tert-OH is 1. The molecule has 3 N–H and O–H groups in total. The van der Waals surface area contributed by atoms with Crippen LogP contribution in [0.25, 0.3) is 0 Å². The molecule has 94 valence electrons. The summed E-state index contributed by atoms with van der Waals surface area (Å²) >= 11 is 0. The van der Waals surface area contributed by atoms with Crippen molar-refractivity contribution in [3.8, 4) is 5.75 Å². The number of ether oxygens (including phenoxy) is 1. The Labute approximate surface area is 105 Å². The van der Waals surface area contributed by atoms with Gasteiger partial charge in [0.2, 0.25) is 0 Å². The van der Waals surface area contributed by atoms with Gasteiger partial charge in [-0.2, -0.15) is 0 Å².